The molecule has 1 aliphatic heterocycles. The third kappa shape index (κ3) is 3.06. The minimum absolute atomic E-state index is 0.252. The lowest BCUT2D eigenvalue weighted by atomic mass is 9.93. The number of fused-ring (bicyclic) bond motifs is 1. The zero-order valence-corrected chi connectivity index (χ0v) is 11.7. The quantitative estimate of drug-likeness (QED) is 0.852. The predicted octanol–water partition coefficient (Wildman–Crippen LogP) is 1.80. The van der Waals surface area contributed by atoms with E-state index in [2.05, 4.69) is 29.6 Å². The van der Waals surface area contributed by atoms with Crippen LogP contribution in [-0.4, -0.2) is 24.2 Å². The zero-order valence-electron chi connectivity index (χ0n) is 10.9. The molecule has 2 rings (SSSR count). The van der Waals surface area contributed by atoms with Gasteiger partial charge in [0.05, 0.1) is 5.41 Å². The second-order valence-corrected chi connectivity index (χ2v) is 6.77. The number of hydrogen-bond acceptors (Lipinski definition) is 3. The van der Waals surface area contributed by atoms with E-state index in [1.807, 2.05) is 25.6 Å². The molecule has 3 nitrogen and oxygen atoms in total. The van der Waals surface area contributed by atoms with E-state index in [1.165, 1.54) is 10.5 Å². The van der Waals surface area contributed by atoms with Crippen molar-refractivity contribution < 1.29 is 4.79 Å². The fraction of sp³-hybridized carbons (Fsp3) is 0.500. The van der Waals surface area contributed by atoms with Gasteiger partial charge in [0.2, 0.25) is 5.91 Å². The van der Waals surface area contributed by atoms with Crippen molar-refractivity contribution in [2.24, 2.45) is 11.1 Å². The minimum Gasteiger partial charge on any atom is -0.369 e. The molecule has 0 radical (unpaired) electrons. The number of hydrogen-bond donors (Lipinski definition) is 2. The van der Waals surface area contributed by atoms with Crippen molar-refractivity contribution in [3.63, 3.8) is 0 Å². The van der Waals surface area contributed by atoms with Gasteiger partial charge in [0.25, 0.3) is 0 Å². The van der Waals surface area contributed by atoms with E-state index in [9.17, 15) is 4.79 Å². The number of nitrogens with one attached hydrogen (secondary N) is 1. The maximum Gasteiger partial charge on any atom is 0.224 e. The first kappa shape index (κ1) is 13.4. The minimum atomic E-state index is -0.476. The second kappa shape index (κ2) is 5.33. The zero-order chi connectivity index (χ0) is 13.2. The van der Waals surface area contributed by atoms with Crippen LogP contribution in [0.25, 0.3) is 0 Å². The maximum atomic E-state index is 11.2. The molecule has 0 saturated carbocycles. The van der Waals surface area contributed by atoms with Crippen LogP contribution in [-0.2, 0) is 11.2 Å². The highest BCUT2D eigenvalue weighted by molar-refractivity contribution is 8.00. The average Bonchev–Trinajstić information content (AvgIpc) is 2.70. The monoisotopic (exact) mass is 264 g/mol. The molecule has 3 N–H and O–H groups in total. The highest BCUT2D eigenvalue weighted by atomic mass is 32.2. The molecule has 4 heteroatoms. The molecule has 0 saturated heterocycles. The molecule has 0 aromatic heterocycles. The Morgan fingerprint density at radius 1 is 1.50 bits per heavy atom. The van der Waals surface area contributed by atoms with Gasteiger partial charge in [-0.05, 0) is 31.9 Å². The molecule has 1 atom stereocenters. The first-order valence-electron chi connectivity index (χ1n) is 6.24. The van der Waals surface area contributed by atoms with Crippen molar-refractivity contribution in [3.05, 3.63) is 29.8 Å². The smallest absolute Gasteiger partial charge is 0.224 e. The fourth-order valence-corrected chi connectivity index (χ4v) is 3.28. The standard InChI is InChI=1S/C14H20N2OS/c1-14(2,13(15)17)9-16-8-11-7-10-5-3-4-6-12(10)18-11/h3-6,11,16H,7-9H2,1-2H3,(H2,15,17). The lowest BCUT2D eigenvalue weighted by Gasteiger charge is -2.21. The molecule has 1 heterocycles. The molecule has 18 heavy (non-hydrogen) atoms. The number of nitrogens with two attached hydrogens (primary N) is 1. The van der Waals surface area contributed by atoms with Crippen molar-refractivity contribution in [3.8, 4) is 0 Å². The number of thioether (sulfide) groups is 1. The summed E-state index contributed by atoms with van der Waals surface area (Å²) in [6.45, 7) is 5.30. The Morgan fingerprint density at radius 3 is 2.89 bits per heavy atom. The van der Waals surface area contributed by atoms with Gasteiger partial charge in [0.1, 0.15) is 0 Å². The molecule has 0 spiro atoms. The van der Waals surface area contributed by atoms with Crippen LogP contribution < -0.4 is 11.1 Å². The van der Waals surface area contributed by atoms with Crippen molar-refractivity contribution in [2.75, 3.05) is 13.1 Å². The van der Waals surface area contributed by atoms with Crippen molar-refractivity contribution in [1.29, 1.82) is 0 Å². The van der Waals surface area contributed by atoms with E-state index in [1.54, 1.807) is 0 Å². The summed E-state index contributed by atoms with van der Waals surface area (Å²) in [5.41, 5.74) is 6.31. The Morgan fingerprint density at radius 2 is 2.22 bits per heavy atom. The van der Waals surface area contributed by atoms with Crippen LogP contribution in [0.2, 0.25) is 0 Å². The number of amides is 1. The average molecular weight is 264 g/mol. The van der Waals surface area contributed by atoms with Gasteiger partial charge in [-0.1, -0.05) is 18.2 Å². The Labute approximate surface area is 113 Å². The van der Waals surface area contributed by atoms with Crippen molar-refractivity contribution in [1.82, 2.24) is 5.32 Å². The predicted molar refractivity (Wildman–Crippen MR) is 75.6 cm³/mol. The van der Waals surface area contributed by atoms with E-state index >= 15 is 0 Å². The summed E-state index contributed by atoms with van der Waals surface area (Å²) < 4.78 is 0. The molecule has 1 aromatic rings. The molecule has 1 amide bonds. The number of carbonyl (C=O) groups is 1. The number of carbonyl (C=O) groups excluding carboxylic acids is 1. The van der Waals surface area contributed by atoms with Gasteiger partial charge in [0.15, 0.2) is 0 Å². The summed E-state index contributed by atoms with van der Waals surface area (Å²) >= 11 is 1.92. The van der Waals surface area contributed by atoms with Gasteiger partial charge in [0, 0.05) is 23.2 Å². The van der Waals surface area contributed by atoms with Crippen LogP contribution in [0.5, 0.6) is 0 Å². The van der Waals surface area contributed by atoms with Gasteiger partial charge >= 0.3 is 0 Å². The molecular weight excluding hydrogens is 244 g/mol. The van der Waals surface area contributed by atoms with E-state index in [-0.39, 0.29) is 5.91 Å². The van der Waals surface area contributed by atoms with Crippen LogP contribution in [0, 0.1) is 5.41 Å². The summed E-state index contributed by atoms with van der Waals surface area (Å²) in [4.78, 5) is 12.6. The van der Waals surface area contributed by atoms with Gasteiger partial charge < -0.3 is 11.1 Å². The molecule has 0 fully saturated rings. The molecule has 1 aromatic carbocycles. The van der Waals surface area contributed by atoms with Gasteiger partial charge in [-0.25, -0.2) is 0 Å². The van der Waals surface area contributed by atoms with Gasteiger partial charge in [-0.3, -0.25) is 4.79 Å². The molecule has 98 valence electrons. The molecular formula is C14H20N2OS. The number of rotatable bonds is 5. The van der Waals surface area contributed by atoms with E-state index in [4.69, 9.17) is 5.73 Å². The first-order valence-corrected chi connectivity index (χ1v) is 7.12. The fourth-order valence-electron chi connectivity index (χ4n) is 2.00. The molecule has 0 bridgehead atoms. The lowest BCUT2D eigenvalue weighted by molar-refractivity contribution is -0.125. The summed E-state index contributed by atoms with van der Waals surface area (Å²) in [6, 6.07) is 8.53. The highest BCUT2D eigenvalue weighted by Gasteiger charge is 2.26. The SMILES string of the molecule is CC(C)(CNCC1Cc2ccccc2S1)C(N)=O. The summed E-state index contributed by atoms with van der Waals surface area (Å²) in [6.07, 6.45) is 1.10. The van der Waals surface area contributed by atoms with Gasteiger partial charge in [-0.2, -0.15) is 0 Å². The Balaban J connectivity index is 1.79. The summed E-state index contributed by atoms with van der Waals surface area (Å²) in [5.74, 6) is -0.252. The van der Waals surface area contributed by atoms with Crippen LogP contribution in [0.1, 0.15) is 19.4 Å². The van der Waals surface area contributed by atoms with Crippen LogP contribution in [0.15, 0.2) is 29.2 Å². The molecule has 1 unspecified atom stereocenters. The van der Waals surface area contributed by atoms with Crippen molar-refractivity contribution >= 4 is 17.7 Å². The van der Waals surface area contributed by atoms with Crippen LogP contribution in [0.3, 0.4) is 0 Å². The summed E-state index contributed by atoms with van der Waals surface area (Å²) in [7, 11) is 0. The molecule has 1 aliphatic rings. The Hall–Kier alpha value is -1.00. The number of benzene rings is 1. The largest absolute Gasteiger partial charge is 0.369 e. The normalized spacial score (nSPS) is 18.7. The van der Waals surface area contributed by atoms with Crippen molar-refractivity contribution in [2.45, 2.75) is 30.4 Å². The molecule has 0 aliphatic carbocycles. The van der Waals surface area contributed by atoms with Gasteiger partial charge in [-0.15, -0.1) is 11.8 Å². The topological polar surface area (TPSA) is 55.1 Å². The van der Waals surface area contributed by atoms with Crippen LogP contribution in [0.4, 0.5) is 0 Å². The third-order valence-electron chi connectivity index (χ3n) is 3.32. The lowest BCUT2D eigenvalue weighted by Crippen LogP contribution is -2.42. The Bertz CT molecular complexity index is 420. The Kier molecular flexibility index (Phi) is 3.97. The number of primary amides is 1. The van der Waals surface area contributed by atoms with E-state index in [0.29, 0.717) is 11.8 Å². The van der Waals surface area contributed by atoms with E-state index < -0.39 is 5.41 Å². The second-order valence-electron chi connectivity index (χ2n) is 5.43. The maximum absolute atomic E-state index is 11.2. The third-order valence-corrected chi connectivity index (χ3v) is 4.64. The first-order chi connectivity index (χ1) is 8.49. The summed E-state index contributed by atoms with van der Waals surface area (Å²) in [5, 5.41) is 3.92. The van der Waals surface area contributed by atoms with E-state index in [0.717, 1.165) is 13.0 Å². The highest BCUT2D eigenvalue weighted by Crippen LogP contribution is 2.36. The van der Waals surface area contributed by atoms with Crippen LogP contribution >= 0.6 is 11.8 Å².